The fourth-order valence-corrected chi connectivity index (χ4v) is 2.31. The Balaban J connectivity index is 2.47. The van der Waals surface area contributed by atoms with E-state index in [1.165, 1.54) is 25.9 Å². The normalized spacial score (nSPS) is 31.2. The van der Waals surface area contributed by atoms with Gasteiger partial charge in [0.1, 0.15) is 0 Å². The molecule has 0 saturated carbocycles. The molecule has 0 spiro atoms. The second-order valence-corrected chi connectivity index (χ2v) is 4.44. The van der Waals surface area contributed by atoms with Gasteiger partial charge in [-0.1, -0.05) is 13.3 Å². The molecule has 1 aliphatic rings. The van der Waals surface area contributed by atoms with Crippen molar-refractivity contribution in [2.24, 2.45) is 5.92 Å². The number of hydrogen-bond acceptors (Lipinski definition) is 2. The van der Waals surface area contributed by atoms with Gasteiger partial charge in [-0.05, 0) is 39.8 Å². The maximum Gasteiger partial charge on any atom is 0.0220 e. The van der Waals surface area contributed by atoms with Crippen LogP contribution in [0.25, 0.3) is 0 Å². The van der Waals surface area contributed by atoms with Gasteiger partial charge in [-0.25, -0.2) is 0 Å². The molecular formula is C11H24N2. The number of nitrogens with zero attached hydrogens (tertiary/aromatic N) is 1. The van der Waals surface area contributed by atoms with Crippen LogP contribution in [0.1, 0.15) is 33.6 Å². The van der Waals surface area contributed by atoms with Gasteiger partial charge in [0.05, 0.1) is 0 Å². The number of piperidine rings is 1. The summed E-state index contributed by atoms with van der Waals surface area (Å²) in [5, 5.41) is 3.45. The molecule has 2 atom stereocenters. The average molecular weight is 184 g/mol. The van der Waals surface area contributed by atoms with Gasteiger partial charge in [0.2, 0.25) is 0 Å². The van der Waals surface area contributed by atoms with Crippen LogP contribution >= 0.6 is 0 Å². The molecule has 78 valence electrons. The van der Waals surface area contributed by atoms with Crippen LogP contribution < -0.4 is 5.32 Å². The third-order valence-electron chi connectivity index (χ3n) is 3.41. The predicted octanol–water partition coefficient (Wildman–Crippen LogP) is 1.71. The van der Waals surface area contributed by atoms with Gasteiger partial charge < -0.3 is 5.32 Å². The third kappa shape index (κ3) is 2.68. The summed E-state index contributed by atoms with van der Waals surface area (Å²) in [5.41, 5.74) is 0. The van der Waals surface area contributed by atoms with Gasteiger partial charge in [0.15, 0.2) is 0 Å². The van der Waals surface area contributed by atoms with Crippen molar-refractivity contribution in [2.75, 3.05) is 20.1 Å². The molecule has 1 fully saturated rings. The van der Waals surface area contributed by atoms with Crippen molar-refractivity contribution in [3.8, 4) is 0 Å². The molecule has 1 aliphatic heterocycles. The van der Waals surface area contributed by atoms with Crippen molar-refractivity contribution in [3.63, 3.8) is 0 Å². The Hall–Kier alpha value is -0.0800. The molecule has 0 radical (unpaired) electrons. The predicted molar refractivity (Wildman–Crippen MR) is 58.0 cm³/mol. The molecule has 0 aliphatic carbocycles. The summed E-state index contributed by atoms with van der Waals surface area (Å²) in [6.07, 6.45) is 2.68. The second-order valence-electron chi connectivity index (χ2n) is 4.44. The lowest BCUT2D eigenvalue weighted by Crippen LogP contribution is -2.51. The highest BCUT2D eigenvalue weighted by atomic mass is 15.2. The summed E-state index contributed by atoms with van der Waals surface area (Å²) >= 11 is 0. The number of hydrogen-bond donors (Lipinski definition) is 1. The van der Waals surface area contributed by atoms with E-state index in [2.05, 4.69) is 38.0 Å². The fourth-order valence-electron chi connectivity index (χ4n) is 2.31. The molecule has 1 heterocycles. The molecule has 0 bridgehead atoms. The third-order valence-corrected chi connectivity index (χ3v) is 3.41. The molecule has 1 saturated heterocycles. The Morgan fingerprint density at radius 2 is 2.15 bits per heavy atom. The fraction of sp³-hybridized carbons (Fsp3) is 1.00. The average Bonchev–Trinajstić information content (AvgIpc) is 2.16. The van der Waals surface area contributed by atoms with E-state index < -0.39 is 0 Å². The highest BCUT2D eigenvalue weighted by molar-refractivity contribution is 4.85. The first-order chi connectivity index (χ1) is 6.19. The zero-order valence-electron chi connectivity index (χ0n) is 9.51. The van der Waals surface area contributed by atoms with Crippen LogP contribution in [0.3, 0.4) is 0 Å². The number of likely N-dealkylation sites (tertiary alicyclic amines) is 1. The number of rotatable bonds is 3. The van der Waals surface area contributed by atoms with E-state index in [1.807, 2.05) is 0 Å². The zero-order chi connectivity index (χ0) is 9.84. The smallest absolute Gasteiger partial charge is 0.0220 e. The van der Waals surface area contributed by atoms with Gasteiger partial charge in [0, 0.05) is 18.6 Å². The molecule has 2 unspecified atom stereocenters. The van der Waals surface area contributed by atoms with Crippen molar-refractivity contribution in [1.29, 1.82) is 0 Å². The second kappa shape index (κ2) is 4.97. The summed E-state index contributed by atoms with van der Waals surface area (Å²) in [6.45, 7) is 9.40. The molecule has 0 aromatic heterocycles. The standard InChI is InChI=1S/C11H24N2/c1-5-10-6-7-13(9(2)3)8-11(10)12-4/h9-12H,5-8H2,1-4H3. The van der Waals surface area contributed by atoms with Crippen LogP contribution in [0.5, 0.6) is 0 Å². The lowest BCUT2D eigenvalue weighted by atomic mass is 9.89. The monoisotopic (exact) mass is 184 g/mol. The van der Waals surface area contributed by atoms with Crippen LogP contribution in [0.15, 0.2) is 0 Å². The lowest BCUT2D eigenvalue weighted by molar-refractivity contribution is 0.114. The topological polar surface area (TPSA) is 15.3 Å². The maximum atomic E-state index is 3.45. The van der Waals surface area contributed by atoms with Crippen LogP contribution in [0.4, 0.5) is 0 Å². The summed E-state index contributed by atoms with van der Waals surface area (Å²) in [7, 11) is 2.09. The molecule has 0 aromatic carbocycles. The minimum Gasteiger partial charge on any atom is -0.315 e. The zero-order valence-corrected chi connectivity index (χ0v) is 9.51. The van der Waals surface area contributed by atoms with E-state index in [-0.39, 0.29) is 0 Å². The minimum atomic E-state index is 0.702. The van der Waals surface area contributed by atoms with Crippen LogP contribution in [-0.4, -0.2) is 37.1 Å². The molecule has 0 amide bonds. The molecule has 1 rings (SSSR count). The Bertz CT molecular complexity index is 145. The van der Waals surface area contributed by atoms with Crippen molar-refractivity contribution in [1.82, 2.24) is 10.2 Å². The van der Waals surface area contributed by atoms with Crippen LogP contribution in [0.2, 0.25) is 0 Å². The molecule has 2 heteroatoms. The lowest BCUT2D eigenvalue weighted by Gasteiger charge is -2.40. The minimum absolute atomic E-state index is 0.702. The van der Waals surface area contributed by atoms with E-state index in [4.69, 9.17) is 0 Å². The molecule has 13 heavy (non-hydrogen) atoms. The van der Waals surface area contributed by atoms with Crippen molar-refractivity contribution >= 4 is 0 Å². The first-order valence-corrected chi connectivity index (χ1v) is 5.60. The van der Waals surface area contributed by atoms with Gasteiger partial charge in [0.25, 0.3) is 0 Å². The van der Waals surface area contributed by atoms with E-state index in [0.717, 1.165) is 5.92 Å². The van der Waals surface area contributed by atoms with Gasteiger partial charge in [-0.15, -0.1) is 0 Å². The van der Waals surface area contributed by atoms with E-state index >= 15 is 0 Å². The van der Waals surface area contributed by atoms with Crippen molar-refractivity contribution < 1.29 is 0 Å². The first kappa shape index (κ1) is 11.0. The van der Waals surface area contributed by atoms with E-state index in [1.54, 1.807) is 0 Å². The summed E-state index contributed by atoms with van der Waals surface area (Å²) in [5.74, 6) is 0.889. The quantitative estimate of drug-likeness (QED) is 0.718. The SMILES string of the molecule is CCC1CCN(C(C)C)CC1NC. The summed E-state index contributed by atoms with van der Waals surface area (Å²) in [6, 6.07) is 1.41. The maximum absolute atomic E-state index is 3.45. The van der Waals surface area contributed by atoms with Gasteiger partial charge in [-0.2, -0.15) is 0 Å². The molecule has 1 N–H and O–H groups in total. The molecule has 2 nitrogen and oxygen atoms in total. The number of nitrogens with one attached hydrogen (secondary N) is 1. The number of likely N-dealkylation sites (N-methyl/N-ethyl adjacent to an activating group) is 1. The Morgan fingerprint density at radius 3 is 2.62 bits per heavy atom. The summed E-state index contributed by atoms with van der Waals surface area (Å²) in [4.78, 5) is 2.58. The Morgan fingerprint density at radius 1 is 1.46 bits per heavy atom. The van der Waals surface area contributed by atoms with Crippen molar-refractivity contribution in [2.45, 2.75) is 45.7 Å². The van der Waals surface area contributed by atoms with Gasteiger partial charge >= 0.3 is 0 Å². The molecule has 0 aromatic rings. The molecular weight excluding hydrogens is 160 g/mol. The van der Waals surface area contributed by atoms with E-state index in [0.29, 0.717) is 12.1 Å². The van der Waals surface area contributed by atoms with Crippen LogP contribution in [-0.2, 0) is 0 Å². The Kier molecular flexibility index (Phi) is 4.20. The van der Waals surface area contributed by atoms with Gasteiger partial charge in [-0.3, -0.25) is 4.90 Å². The van der Waals surface area contributed by atoms with Crippen LogP contribution in [0, 0.1) is 5.92 Å². The summed E-state index contributed by atoms with van der Waals surface area (Å²) < 4.78 is 0. The highest BCUT2D eigenvalue weighted by Crippen LogP contribution is 2.21. The highest BCUT2D eigenvalue weighted by Gasteiger charge is 2.27. The largest absolute Gasteiger partial charge is 0.315 e. The Labute approximate surface area is 82.7 Å². The van der Waals surface area contributed by atoms with Crippen molar-refractivity contribution in [3.05, 3.63) is 0 Å². The van der Waals surface area contributed by atoms with E-state index in [9.17, 15) is 0 Å². The first-order valence-electron chi connectivity index (χ1n) is 5.60.